The average Bonchev–Trinajstić information content (AvgIpc) is 2.95. The number of urea groups is 1. The van der Waals surface area contributed by atoms with Crippen LogP contribution in [0.15, 0.2) is 18.3 Å². The third-order valence-corrected chi connectivity index (χ3v) is 5.00. The molecule has 24 heavy (non-hydrogen) atoms. The van der Waals surface area contributed by atoms with E-state index in [-0.39, 0.29) is 6.03 Å². The lowest BCUT2D eigenvalue weighted by atomic mass is 10.0. The first-order valence-electron chi connectivity index (χ1n) is 8.22. The Labute approximate surface area is 146 Å². The quantitative estimate of drug-likeness (QED) is 0.874. The van der Waals surface area contributed by atoms with Crippen molar-refractivity contribution in [3.8, 4) is 0 Å². The van der Waals surface area contributed by atoms with E-state index in [4.69, 9.17) is 0 Å². The zero-order valence-corrected chi connectivity index (χ0v) is 14.9. The normalized spacial score (nSPS) is 13.6. The molecule has 2 aromatic rings. The predicted octanol–water partition coefficient (Wildman–Crippen LogP) is 2.80. The Bertz CT molecular complexity index is 689. The van der Waals surface area contributed by atoms with Gasteiger partial charge in [-0.2, -0.15) is 0 Å². The van der Waals surface area contributed by atoms with Crippen LogP contribution in [0, 0.1) is 0 Å². The number of amides is 2. The Morgan fingerprint density at radius 2 is 2.17 bits per heavy atom. The molecule has 0 aliphatic heterocycles. The predicted molar refractivity (Wildman–Crippen MR) is 96.2 cm³/mol. The standard InChI is InChI=1S/C17H23N5OS/c1-22(2)11-13-9-12(7-8-18-13)20-17(23)19-10-16-21-14-5-3-4-6-15(14)24-16/h7-9H,3-6,10-11H2,1-2H3,(H2,18,19,20,23). The molecule has 0 saturated heterocycles. The zero-order chi connectivity index (χ0) is 16.9. The van der Waals surface area contributed by atoms with Gasteiger partial charge >= 0.3 is 6.03 Å². The van der Waals surface area contributed by atoms with Gasteiger partial charge in [0.1, 0.15) is 5.01 Å². The molecule has 0 fully saturated rings. The maximum absolute atomic E-state index is 12.1. The van der Waals surface area contributed by atoms with Crippen molar-refractivity contribution in [2.24, 2.45) is 0 Å². The summed E-state index contributed by atoms with van der Waals surface area (Å²) in [4.78, 5) is 24.4. The summed E-state index contributed by atoms with van der Waals surface area (Å²) in [5, 5.41) is 6.73. The summed E-state index contributed by atoms with van der Waals surface area (Å²) in [7, 11) is 3.98. The summed E-state index contributed by atoms with van der Waals surface area (Å²) in [6.07, 6.45) is 6.39. The number of nitrogens with one attached hydrogen (secondary N) is 2. The maximum atomic E-state index is 12.1. The van der Waals surface area contributed by atoms with Crippen LogP contribution in [0.2, 0.25) is 0 Å². The molecule has 0 bridgehead atoms. The summed E-state index contributed by atoms with van der Waals surface area (Å²) >= 11 is 1.72. The number of aromatic nitrogens is 2. The van der Waals surface area contributed by atoms with Gasteiger partial charge in [0.05, 0.1) is 17.9 Å². The van der Waals surface area contributed by atoms with Crippen molar-refractivity contribution in [2.45, 2.75) is 38.8 Å². The SMILES string of the molecule is CN(C)Cc1cc(NC(=O)NCc2nc3c(s2)CCCC3)ccn1. The number of aryl methyl sites for hydroxylation is 2. The van der Waals surface area contributed by atoms with Crippen LogP contribution in [0.1, 0.15) is 34.1 Å². The van der Waals surface area contributed by atoms with E-state index in [0.29, 0.717) is 6.54 Å². The third kappa shape index (κ3) is 4.52. The van der Waals surface area contributed by atoms with E-state index in [1.165, 1.54) is 23.4 Å². The second kappa shape index (κ2) is 7.72. The molecule has 0 unspecified atom stereocenters. The van der Waals surface area contributed by atoms with E-state index in [1.807, 2.05) is 25.1 Å². The minimum Gasteiger partial charge on any atom is -0.331 e. The highest BCUT2D eigenvalue weighted by molar-refractivity contribution is 7.11. The van der Waals surface area contributed by atoms with Gasteiger partial charge in [0, 0.05) is 23.3 Å². The average molecular weight is 345 g/mol. The number of nitrogens with zero attached hydrogens (tertiary/aromatic N) is 3. The van der Waals surface area contributed by atoms with Gasteiger partial charge in [0.25, 0.3) is 0 Å². The molecule has 0 saturated carbocycles. The highest BCUT2D eigenvalue weighted by Gasteiger charge is 2.15. The van der Waals surface area contributed by atoms with Crippen LogP contribution in [0.3, 0.4) is 0 Å². The van der Waals surface area contributed by atoms with E-state index < -0.39 is 0 Å². The second-order valence-corrected chi connectivity index (χ2v) is 7.43. The van der Waals surface area contributed by atoms with Crippen LogP contribution in [0.25, 0.3) is 0 Å². The molecule has 2 N–H and O–H groups in total. The second-order valence-electron chi connectivity index (χ2n) is 6.27. The smallest absolute Gasteiger partial charge is 0.319 e. The fourth-order valence-corrected chi connectivity index (χ4v) is 3.88. The highest BCUT2D eigenvalue weighted by atomic mass is 32.1. The monoisotopic (exact) mass is 345 g/mol. The zero-order valence-electron chi connectivity index (χ0n) is 14.1. The molecule has 1 aliphatic carbocycles. The van der Waals surface area contributed by atoms with Gasteiger partial charge in [-0.3, -0.25) is 4.98 Å². The number of hydrogen-bond donors (Lipinski definition) is 2. The van der Waals surface area contributed by atoms with E-state index in [9.17, 15) is 4.79 Å². The summed E-state index contributed by atoms with van der Waals surface area (Å²) in [5.41, 5.74) is 2.90. The number of carbonyl (C=O) groups is 1. The van der Waals surface area contributed by atoms with Gasteiger partial charge in [-0.25, -0.2) is 9.78 Å². The molecular weight excluding hydrogens is 322 g/mol. The molecule has 3 rings (SSSR count). The Hall–Kier alpha value is -1.99. The van der Waals surface area contributed by atoms with Crippen molar-refractivity contribution < 1.29 is 4.79 Å². The van der Waals surface area contributed by atoms with Crippen molar-refractivity contribution >= 4 is 23.1 Å². The Morgan fingerprint density at radius 1 is 1.33 bits per heavy atom. The first-order valence-corrected chi connectivity index (χ1v) is 9.04. The summed E-state index contributed by atoms with van der Waals surface area (Å²) in [5.74, 6) is 0. The van der Waals surface area contributed by atoms with Crippen molar-refractivity contribution in [1.29, 1.82) is 0 Å². The van der Waals surface area contributed by atoms with Gasteiger partial charge in [-0.05, 0) is 51.9 Å². The lowest BCUT2D eigenvalue weighted by Gasteiger charge is -2.11. The highest BCUT2D eigenvalue weighted by Crippen LogP contribution is 2.26. The number of pyridine rings is 1. The molecule has 0 radical (unpaired) electrons. The molecule has 6 nitrogen and oxygen atoms in total. The van der Waals surface area contributed by atoms with Crippen molar-refractivity contribution in [3.05, 3.63) is 39.6 Å². The maximum Gasteiger partial charge on any atom is 0.319 e. The number of carbonyl (C=O) groups excluding carboxylic acids is 1. The number of hydrogen-bond acceptors (Lipinski definition) is 5. The summed E-state index contributed by atoms with van der Waals surface area (Å²) in [6, 6.07) is 3.47. The van der Waals surface area contributed by atoms with Gasteiger partial charge in [0.2, 0.25) is 0 Å². The molecule has 2 heterocycles. The molecule has 1 aliphatic rings. The van der Waals surface area contributed by atoms with Crippen LogP contribution in [-0.4, -0.2) is 35.0 Å². The van der Waals surface area contributed by atoms with Gasteiger partial charge in [-0.15, -0.1) is 11.3 Å². The Kier molecular flexibility index (Phi) is 5.42. The third-order valence-electron chi connectivity index (χ3n) is 3.84. The summed E-state index contributed by atoms with van der Waals surface area (Å²) < 4.78 is 0. The molecular formula is C17H23N5OS. The minimum atomic E-state index is -0.217. The van der Waals surface area contributed by atoms with Crippen LogP contribution in [0.4, 0.5) is 10.5 Å². The Morgan fingerprint density at radius 3 is 2.96 bits per heavy atom. The Balaban J connectivity index is 1.53. The van der Waals surface area contributed by atoms with E-state index >= 15 is 0 Å². The largest absolute Gasteiger partial charge is 0.331 e. The number of thiazole rings is 1. The summed E-state index contributed by atoms with van der Waals surface area (Å²) in [6.45, 7) is 1.21. The van der Waals surface area contributed by atoms with E-state index in [2.05, 4.69) is 20.6 Å². The molecule has 7 heteroatoms. The number of anilines is 1. The first kappa shape index (κ1) is 16.9. The van der Waals surface area contributed by atoms with Crippen LogP contribution >= 0.6 is 11.3 Å². The van der Waals surface area contributed by atoms with Crippen molar-refractivity contribution in [1.82, 2.24) is 20.2 Å². The molecule has 2 aromatic heterocycles. The molecule has 0 spiro atoms. The van der Waals surface area contributed by atoms with E-state index in [1.54, 1.807) is 23.6 Å². The first-order chi connectivity index (χ1) is 11.6. The number of fused-ring (bicyclic) bond motifs is 1. The van der Waals surface area contributed by atoms with Crippen LogP contribution in [0.5, 0.6) is 0 Å². The molecule has 0 aromatic carbocycles. The lowest BCUT2D eigenvalue weighted by molar-refractivity contribution is 0.251. The van der Waals surface area contributed by atoms with Crippen LogP contribution in [-0.2, 0) is 25.9 Å². The fourth-order valence-electron chi connectivity index (χ4n) is 2.78. The van der Waals surface area contributed by atoms with Crippen LogP contribution < -0.4 is 10.6 Å². The van der Waals surface area contributed by atoms with Crippen molar-refractivity contribution in [2.75, 3.05) is 19.4 Å². The number of rotatable bonds is 5. The van der Waals surface area contributed by atoms with Crippen molar-refractivity contribution in [3.63, 3.8) is 0 Å². The minimum absolute atomic E-state index is 0.217. The van der Waals surface area contributed by atoms with E-state index in [0.717, 1.165) is 35.8 Å². The topological polar surface area (TPSA) is 70.2 Å². The fraction of sp³-hybridized carbons (Fsp3) is 0.471. The lowest BCUT2D eigenvalue weighted by Crippen LogP contribution is -2.28. The van der Waals surface area contributed by atoms with Gasteiger partial charge in [-0.1, -0.05) is 0 Å². The molecule has 2 amide bonds. The molecule has 128 valence electrons. The van der Waals surface area contributed by atoms with Gasteiger partial charge in [0.15, 0.2) is 0 Å². The van der Waals surface area contributed by atoms with Gasteiger partial charge < -0.3 is 15.5 Å². The molecule has 0 atom stereocenters.